The van der Waals surface area contributed by atoms with Crippen molar-refractivity contribution >= 4 is 5.97 Å². The molecule has 0 fully saturated rings. The first-order valence-corrected chi connectivity index (χ1v) is 7.33. The van der Waals surface area contributed by atoms with E-state index in [2.05, 4.69) is 41.4 Å². The molecule has 21 heavy (non-hydrogen) atoms. The Morgan fingerprint density at radius 1 is 1.29 bits per heavy atom. The van der Waals surface area contributed by atoms with Gasteiger partial charge >= 0.3 is 5.97 Å². The zero-order chi connectivity index (χ0) is 14.8. The number of hydrogen-bond donors (Lipinski definition) is 1. The summed E-state index contributed by atoms with van der Waals surface area (Å²) >= 11 is 0. The van der Waals surface area contributed by atoms with E-state index >= 15 is 0 Å². The molecule has 5 heteroatoms. The van der Waals surface area contributed by atoms with E-state index in [4.69, 9.17) is 0 Å². The van der Waals surface area contributed by atoms with E-state index in [1.807, 2.05) is 4.57 Å². The molecule has 0 saturated carbocycles. The lowest BCUT2D eigenvalue weighted by Gasteiger charge is -2.21. The van der Waals surface area contributed by atoms with Gasteiger partial charge in [0.15, 0.2) is 0 Å². The van der Waals surface area contributed by atoms with Crippen LogP contribution in [0.3, 0.4) is 0 Å². The fraction of sp³-hybridized carbons (Fsp3) is 0.438. The molecule has 0 saturated heterocycles. The smallest absolute Gasteiger partial charge is 0.308 e. The molecule has 1 aliphatic rings. The van der Waals surface area contributed by atoms with E-state index < -0.39 is 5.97 Å². The third-order valence-corrected chi connectivity index (χ3v) is 4.13. The fourth-order valence-corrected chi connectivity index (χ4v) is 2.78. The minimum Gasteiger partial charge on any atom is -0.481 e. The molecule has 1 aliphatic heterocycles. The topological polar surface area (TPSA) is 68.0 Å². The Labute approximate surface area is 123 Å². The largest absolute Gasteiger partial charge is 0.481 e. The van der Waals surface area contributed by atoms with Crippen molar-refractivity contribution in [3.8, 4) is 0 Å². The van der Waals surface area contributed by atoms with Crippen LogP contribution in [0.1, 0.15) is 29.2 Å². The number of fused-ring (bicyclic) bond motifs is 1. The standard InChI is InChI=1S/C16H19N3O2/c1-11-2-4-12(5-3-11)6-8-14-17-18-15-9-7-13(16(20)21)10-19(14)15/h2-5,13H,6-10H2,1H3,(H,20,21). The van der Waals surface area contributed by atoms with Crippen molar-refractivity contribution in [2.45, 2.75) is 39.2 Å². The highest BCUT2D eigenvalue weighted by Crippen LogP contribution is 2.21. The van der Waals surface area contributed by atoms with Crippen LogP contribution in [0, 0.1) is 12.8 Å². The van der Waals surface area contributed by atoms with E-state index in [0.29, 0.717) is 19.4 Å². The monoisotopic (exact) mass is 285 g/mol. The first kappa shape index (κ1) is 13.8. The SMILES string of the molecule is Cc1ccc(CCc2nnc3n2CC(C(=O)O)CC3)cc1. The van der Waals surface area contributed by atoms with Gasteiger partial charge < -0.3 is 9.67 Å². The number of benzene rings is 1. The molecule has 2 heterocycles. The highest BCUT2D eigenvalue weighted by atomic mass is 16.4. The summed E-state index contributed by atoms with van der Waals surface area (Å²) < 4.78 is 2.00. The molecule has 1 N–H and O–H groups in total. The Kier molecular flexibility index (Phi) is 3.73. The molecule has 0 aliphatic carbocycles. The van der Waals surface area contributed by atoms with Gasteiger partial charge in [0, 0.05) is 19.4 Å². The van der Waals surface area contributed by atoms with E-state index in [-0.39, 0.29) is 5.92 Å². The highest BCUT2D eigenvalue weighted by molar-refractivity contribution is 5.70. The van der Waals surface area contributed by atoms with Crippen molar-refractivity contribution in [3.63, 3.8) is 0 Å². The third kappa shape index (κ3) is 2.96. The molecule has 3 rings (SSSR count). The summed E-state index contributed by atoms with van der Waals surface area (Å²) in [6, 6.07) is 8.47. The number of carboxylic acid groups (broad SMARTS) is 1. The van der Waals surface area contributed by atoms with Crippen molar-refractivity contribution in [3.05, 3.63) is 47.0 Å². The molecule has 1 unspecified atom stereocenters. The first-order chi connectivity index (χ1) is 10.1. The maximum absolute atomic E-state index is 11.2. The van der Waals surface area contributed by atoms with E-state index in [1.54, 1.807) is 0 Å². The second-order valence-corrected chi connectivity index (χ2v) is 5.70. The van der Waals surface area contributed by atoms with Crippen LogP contribution in [0.2, 0.25) is 0 Å². The van der Waals surface area contributed by atoms with E-state index in [9.17, 15) is 9.90 Å². The van der Waals surface area contributed by atoms with Crippen LogP contribution in [-0.4, -0.2) is 25.8 Å². The van der Waals surface area contributed by atoms with Crippen molar-refractivity contribution < 1.29 is 9.90 Å². The summed E-state index contributed by atoms with van der Waals surface area (Å²) in [4.78, 5) is 11.2. The minimum absolute atomic E-state index is 0.313. The van der Waals surface area contributed by atoms with Gasteiger partial charge in [0.05, 0.1) is 5.92 Å². The van der Waals surface area contributed by atoms with Crippen LogP contribution in [0.15, 0.2) is 24.3 Å². The lowest BCUT2D eigenvalue weighted by molar-refractivity contribution is -0.142. The normalized spacial score (nSPS) is 17.5. The van der Waals surface area contributed by atoms with Gasteiger partial charge in [-0.1, -0.05) is 29.8 Å². The van der Waals surface area contributed by atoms with Gasteiger partial charge in [0.1, 0.15) is 11.6 Å². The number of nitrogens with zero attached hydrogens (tertiary/aromatic N) is 3. The molecular formula is C16H19N3O2. The molecular weight excluding hydrogens is 266 g/mol. The molecule has 1 atom stereocenters. The third-order valence-electron chi connectivity index (χ3n) is 4.13. The highest BCUT2D eigenvalue weighted by Gasteiger charge is 2.27. The quantitative estimate of drug-likeness (QED) is 0.933. The first-order valence-electron chi connectivity index (χ1n) is 7.33. The average molecular weight is 285 g/mol. The van der Waals surface area contributed by atoms with Gasteiger partial charge in [0.2, 0.25) is 0 Å². The van der Waals surface area contributed by atoms with Gasteiger partial charge in [-0.25, -0.2) is 0 Å². The molecule has 0 radical (unpaired) electrons. The summed E-state index contributed by atoms with van der Waals surface area (Å²) in [6.45, 7) is 2.58. The zero-order valence-corrected chi connectivity index (χ0v) is 12.1. The minimum atomic E-state index is -0.723. The second kappa shape index (κ2) is 5.68. The van der Waals surface area contributed by atoms with E-state index in [1.165, 1.54) is 11.1 Å². The Morgan fingerprint density at radius 2 is 2.05 bits per heavy atom. The Bertz CT molecular complexity index is 646. The zero-order valence-electron chi connectivity index (χ0n) is 12.1. The van der Waals surface area contributed by atoms with Crippen LogP contribution in [-0.2, 0) is 30.6 Å². The van der Waals surface area contributed by atoms with Gasteiger partial charge in [-0.05, 0) is 25.3 Å². The van der Waals surface area contributed by atoms with Gasteiger partial charge in [-0.3, -0.25) is 4.79 Å². The van der Waals surface area contributed by atoms with Crippen LogP contribution in [0.25, 0.3) is 0 Å². The maximum Gasteiger partial charge on any atom is 0.308 e. The molecule has 1 aromatic heterocycles. The molecule has 1 aromatic carbocycles. The molecule has 5 nitrogen and oxygen atoms in total. The van der Waals surface area contributed by atoms with Crippen molar-refractivity contribution in [1.82, 2.24) is 14.8 Å². The number of rotatable bonds is 4. The van der Waals surface area contributed by atoms with E-state index in [0.717, 1.165) is 24.5 Å². The van der Waals surface area contributed by atoms with Crippen molar-refractivity contribution in [1.29, 1.82) is 0 Å². The summed E-state index contributed by atoms with van der Waals surface area (Å²) in [5.41, 5.74) is 2.52. The lowest BCUT2D eigenvalue weighted by Crippen LogP contribution is -2.27. The summed E-state index contributed by atoms with van der Waals surface area (Å²) in [5, 5.41) is 17.6. The number of aromatic nitrogens is 3. The molecule has 0 amide bonds. The van der Waals surface area contributed by atoms with Crippen molar-refractivity contribution in [2.75, 3.05) is 0 Å². The van der Waals surface area contributed by atoms with Crippen LogP contribution < -0.4 is 0 Å². The second-order valence-electron chi connectivity index (χ2n) is 5.70. The summed E-state index contributed by atoms with van der Waals surface area (Å²) in [6.07, 6.45) is 3.05. The predicted octanol–water partition coefficient (Wildman–Crippen LogP) is 2.02. The molecule has 2 aromatic rings. The number of aliphatic carboxylic acids is 1. The Balaban J connectivity index is 1.71. The van der Waals surface area contributed by atoms with Crippen LogP contribution in [0.4, 0.5) is 0 Å². The lowest BCUT2D eigenvalue weighted by atomic mass is 9.99. The molecule has 0 spiro atoms. The van der Waals surface area contributed by atoms with Gasteiger partial charge in [-0.2, -0.15) is 0 Å². The number of aryl methyl sites for hydroxylation is 4. The average Bonchev–Trinajstić information content (AvgIpc) is 2.89. The van der Waals surface area contributed by atoms with Gasteiger partial charge in [0.25, 0.3) is 0 Å². The molecule has 0 bridgehead atoms. The maximum atomic E-state index is 11.2. The predicted molar refractivity (Wildman–Crippen MR) is 78.1 cm³/mol. The fourth-order valence-electron chi connectivity index (χ4n) is 2.78. The number of hydrogen-bond acceptors (Lipinski definition) is 3. The summed E-state index contributed by atoms with van der Waals surface area (Å²) in [5.74, 6) is 0.786. The molecule has 110 valence electrons. The van der Waals surface area contributed by atoms with Crippen molar-refractivity contribution in [2.24, 2.45) is 5.92 Å². The van der Waals surface area contributed by atoms with Crippen LogP contribution in [0.5, 0.6) is 0 Å². The van der Waals surface area contributed by atoms with Crippen LogP contribution >= 0.6 is 0 Å². The number of carbonyl (C=O) groups is 1. The Hall–Kier alpha value is -2.17. The van der Waals surface area contributed by atoms with Gasteiger partial charge in [-0.15, -0.1) is 10.2 Å². The summed E-state index contributed by atoms with van der Waals surface area (Å²) in [7, 11) is 0. The number of carboxylic acids is 1. The Morgan fingerprint density at radius 3 is 2.76 bits per heavy atom.